The highest BCUT2D eigenvalue weighted by molar-refractivity contribution is 5.94. The first-order chi connectivity index (χ1) is 10.7. The quantitative estimate of drug-likeness (QED) is 0.867. The molecule has 0 bridgehead atoms. The number of hydrogen-bond acceptors (Lipinski definition) is 2. The Kier molecular flexibility index (Phi) is 4.18. The van der Waals surface area contributed by atoms with Crippen LogP contribution >= 0.6 is 0 Å². The van der Waals surface area contributed by atoms with Gasteiger partial charge in [-0.2, -0.15) is 0 Å². The monoisotopic (exact) mass is 298 g/mol. The molecule has 1 fully saturated rings. The van der Waals surface area contributed by atoms with Gasteiger partial charge in [-0.25, -0.2) is 0 Å². The van der Waals surface area contributed by atoms with E-state index in [1.807, 2.05) is 39.8 Å². The van der Waals surface area contributed by atoms with E-state index in [0.717, 1.165) is 55.0 Å². The smallest absolute Gasteiger partial charge is 0.270 e. The van der Waals surface area contributed by atoms with E-state index in [9.17, 15) is 4.79 Å². The number of likely N-dealkylation sites (tertiary alicyclic amines) is 1. The van der Waals surface area contributed by atoms with E-state index >= 15 is 0 Å². The van der Waals surface area contributed by atoms with Crippen molar-refractivity contribution in [3.63, 3.8) is 0 Å². The maximum Gasteiger partial charge on any atom is 0.270 e. The summed E-state index contributed by atoms with van der Waals surface area (Å²) in [7, 11) is 1.66. The molecule has 22 heavy (non-hydrogen) atoms. The van der Waals surface area contributed by atoms with Gasteiger partial charge in [0.05, 0.1) is 7.11 Å². The molecule has 2 aromatic rings. The van der Waals surface area contributed by atoms with E-state index in [4.69, 9.17) is 4.74 Å². The highest BCUT2D eigenvalue weighted by Gasteiger charge is 2.22. The van der Waals surface area contributed by atoms with E-state index in [0.29, 0.717) is 0 Å². The van der Waals surface area contributed by atoms with Crippen LogP contribution in [0, 0.1) is 0 Å². The van der Waals surface area contributed by atoms with Crippen LogP contribution in [0.5, 0.6) is 5.75 Å². The molecule has 3 rings (SSSR count). The van der Waals surface area contributed by atoms with Crippen LogP contribution in [0.25, 0.3) is 11.1 Å². The number of aryl methyl sites for hydroxylation is 1. The molecule has 116 valence electrons. The van der Waals surface area contributed by atoms with Crippen molar-refractivity contribution in [1.82, 2.24) is 9.47 Å². The third-order valence-electron chi connectivity index (χ3n) is 4.27. The van der Waals surface area contributed by atoms with Crippen LogP contribution in [0.3, 0.4) is 0 Å². The Hall–Kier alpha value is -2.23. The van der Waals surface area contributed by atoms with Crippen molar-refractivity contribution < 1.29 is 9.53 Å². The number of ether oxygens (including phenoxy) is 1. The Morgan fingerprint density at radius 3 is 2.41 bits per heavy atom. The van der Waals surface area contributed by atoms with Crippen LogP contribution in [-0.4, -0.2) is 35.6 Å². The van der Waals surface area contributed by atoms with E-state index in [1.54, 1.807) is 7.11 Å². The first-order valence-corrected chi connectivity index (χ1v) is 7.87. The lowest BCUT2D eigenvalue weighted by atomic mass is 10.1. The van der Waals surface area contributed by atoms with E-state index in [2.05, 4.69) is 13.1 Å². The van der Waals surface area contributed by atoms with Crippen LogP contribution < -0.4 is 4.74 Å². The molecule has 0 spiro atoms. The van der Waals surface area contributed by atoms with Gasteiger partial charge >= 0.3 is 0 Å². The summed E-state index contributed by atoms with van der Waals surface area (Å²) >= 11 is 0. The number of amides is 1. The van der Waals surface area contributed by atoms with Crippen LogP contribution in [0.2, 0.25) is 0 Å². The van der Waals surface area contributed by atoms with Crippen LogP contribution in [0.15, 0.2) is 36.5 Å². The maximum atomic E-state index is 12.7. The second-order valence-corrected chi connectivity index (χ2v) is 5.63. The van der Waals surface area contributed by atoms with Gasteiger partial charge in [0.15, 0.2) is 0 Å². The normalized spacial score (nSPS) is 14.4. The topological polar surface area (TPSA) is 34.5 Å². The molecule has 4 nitrogen and oxygen atoms in total. The summed E-state index contributed by atoms with van der Waals surface area (Å²) in [5, 5.41) is 0. The average Bonchev–Trinajstić information content (AvgIpc) is 3.23. The Labute approximate surface area is 131 Å². The van der Waals surface area contributed by atoms with Gasteiger partial charge in [0.25, 0.3) is 5.91 Å². The second kappa shape index (κ2) is 6.26. The summed E-state index contributed by atoms with van der Waals surface area (Å²) in [5.41, 5.74) is 2.96. The number of hydrogen-bond donors (Lipinski definition) is 0. The fourth-order valence-corrected chi connectivity index (χ4v) is 2.97. The zero-order valence-electron chi connectivity index (χ0n) is 13.2. The number of carbonyl (C=O) groups is 1. The third kappa shape index (κ3) is 2.73. The molecule has 0 radical (unpaired) electrons. The Balaban J connectivity index is 1.91. The molecule has 0 atom stereocenters. The molecule has 0 unspecified atom stereocenters. The number of nitrogens with zero attached hydrogens (tertiary/aromatic N) is 2. The Morgan fingerprint density at radius 1 is 1.14 bits per heavy atom. The van der Waals surface area contributed by atoms with Crippen molar-refractivity contribution in [3.8, 4) is 16.9 Å². The molecule has 1 aliphatic heterocycles. The van der Waals surface area contributed by atoms with Crippen molar-refractivity contribution in [2.24, 2.45) is 0 Å². The molecule has 1 aromatic heterocycles. The zero-order valence-corrected chi connectivity index (χ0v) is 13.2. The SMILES string of the molecule is CCn1cc(-c2ccc(OC)cc2)cc1C(=O)N1CCCC1. The summed E-state index contributed by atoms with van der Waals surface area (Å²) in [6.07, 6.45) is 4.29. The van der Waals surface area contributed by atoms with Crippen molar-refractivity contribution in [1.29, 1.82) is 0 Å². The summed E-state index contributed by atoms with van der Waals surface area (Å²) in [6, 6.07) is 9.95. The largest absolute Gasteiger partial charge is 0.497 e. The van der Waals surface area contributed by atoms with Gasteiger partial charge in [-0.15, -0.1) is 0 Å². The fraction of sp³-hybridized carbons (Fsp3) is 0.389. The molecule has 0 saturated carbocycles. The van der Waals surface area contributed by atoms with Crippen LogP contribution in [0.4, 0.5) is 0 Å². The highest BCUT2D eigenvalue weighted by Crippen LogP contribution is 2.26. The van der Waals surface area contributed by atoms with Gasteiger partial charge in [0, 0.05) is 31.4 Å². The predicted octanol–water partition coefficient (Wildman–Crippen LogP) is 3.42. The minimum Gasteiger partial charge on any atom is -0.497 e. The minimum atomic E-state index is 0.152. The Morgan fingerprint density at radius 2 is 1.82 bits per heavy atom. The van der Waals surface area contributed by atoms with Gasteiger partial charge in [-0.05, 0) is 43.5 Å². The van der Waals surface area contributed by atoms with E-state index < -0.39 is 0 Å². The van der Waals surface area contributed by atoms with Gasteiger partial charge in [0.1, 0.15) is 11.4 Å². The molecule has 0 aliphatic carbocycles. The van der Waals surface area contributed by atoms with Crippen molar-refractivity contribution in [2.45, 2.75) is 26.3 Å². The number of methoxy groups -OCH3 is 1. The number of benzene rings is 1. The van der Waals surface area contributed by atoms with Gasteiger partial charge < -0.3 is 14.2 Å². The van der Waals surface area contributed by atoms with E-state index in [1.165, 1.54) is 0 Å². The first-order valence-electron chi connectivity index (χ1n) is 7.87. The lowest BCUT2D eigenvalue weighted by Gasteiger charge is -2.16. The average molecular weight is 298 g/mol. The van der Waals surface area contributed by atoms with Crippen molar-refractivity contribution >= 4 is 5.91 Å². The van der Waals surface area contributed by atoms with Gasteiger partial charge in [-0.1, -0.05) is 12.1 Å². The zero-order chi connectivity index (χ0) is 15.5. The van der Waals surface area contributed by atoms with Crippen molar-refractivity contribution in [2.75, 3.05) is 20.2 Å². The molecule has 0 N–H and O–H groups in total. The molecular weight excluding hydrogens is 276 g/mol. The number of aromatic nitrogens is 1. The Bertz CT molecular complexity index is 652. The molecule has 2 heterocycles. The molecule has 1 aromatic carbocycles. The summed E-state index contributed by atoms with van der Waals surface area (Å²) in [5.74, 6) is 0.992. The maximum absolute atomic E-state index is 12.7. The molecular formula is C18H22N2O2. The molecule has 1 amide bonds. The second-order valence-electron chi connectivity index (χ2n) is 5.63. The summed E-state index contributed by atoms with van der Waals surface area (Å²) in [6.45, 7) is 4.63. The van der Waals surface area contributed by atoms with Crippen LogP contribution in [-0.2, 0) is 6.54 Å². The standard InChI is InChI=1S/C18H22N2O2/c1-3-19-13-15(14-6-8-16(22-2)9-7-14)12-17(19)18(21)20-10-4-5-11-20/h6-9,12-13H,3-5,10-11H2,1-2H3. The third-order valence-corrected chi connectivity index (χ3v) is 4.27. The minimum absolute atomic E-state index is 0.152. The molecule has 1 aliphatic rings. The summed E-state index contributed by atoms with van der Waals surface area (Å²) in [4.78, 5) is 14.6. The lowest BCUT2D eigenvalue weighted by molar-refractivity contribution is 0.0782. The van der Waals surface area contributed by atoms with Crippen LogP contribution in [0.1, 0.15) is 30.3 Å². The van der Waals surface area contributed by atoms with Gasteiger partial charge in [0.2, 0.25) is 0 Å². The number of carbonyl (C=O) groups excluding carboxylic acids is 1. The highest BCUT2D eigenvalue weighted by atomic mass is 16.5. The molecule has 1 saturated heterocycles. The lowest BCUT2D eigenvalue weighted by Crippen LogP contribution is -2.29. The fourth-order valence-electron chi connectivity index (χ4n) is 2.97. The summed E-state index contributed by atoms with van der Waals surface area (Å²) < 4.78 is 7.24. The molecule has 4 heteroatoms. The van der Waals surface area contributed by atoms with Gasteiger partial charge in [-0.3, -0.25) is 4.79 Å². The first kappa shape index (κ1) is 14.7. The predicted molar refractivity (Wildman–Crippen MR) is 87.2 cm³/mol. The van der Waals surface area contributed by atoms with Crippen molar-refractivity contribution in [3.05, 3.63) is 42.2 Å². The number of rotatable bonds is 4. The van der Waals surface area contributed by atoms with E-state index in [-0.39, 0.29) is 5.91 Å².